The molecule has 160 valence electrons. The number of benzene rings is 1. The molecule has 0 radical (unpaired) electrons. The SMILES string of the molecule is C=CCn1c(N)cc(=O)nc1SCC(=O)N[C@@H](CSCc1ccccc1)C(=O)OC. The summed E-state index contributed by atoms with van der Waals surface area (Å²) in [5.41, 5.74) is 6.49. The lowest BCUT2D eigenvalue weighted by atomic mass is 10.2. The summed E-state index contributed by atoms with van der Waals surface area (Å²) in [4.78, 5) is 40.0. The third-order valence-corrected chi connectivity index (χ3v) is 5.96. The number of nitrogens with two attached hydrogens (primary N) is 1. The van der Waals surface area contributed by atoms with Gasteiger partial charge in [0.2, 0.25) is 5.91 Å². The highest BCUT2D eigenvalue weighted by molar-refractivity contribution is 7.99. The molecule has 1 amide bonds. The molecule has 1 heterocycles. The Bertz CT molecular complexity index is 934. The summed E-state index contributed by atoms with van der Waals surface area (Å²) in [6, 6.07) is 10.3. The number of nitrogens with zero attached hydrogens (tertiary/aromatic N) is 2. The van der Waals surface area contributed by atoms with Gasteiger partial charge in [-0.2, -0.15) is 16.7 Å². The molecule has 1 atom stereocenters. The maximum Gasteiger partial charge on any atom is 0.329 e. The normalized spacial score (nSPS) is 11.5. The molecule has 0 unspecified atom stereocenters. The lowest BCUT2D eigenvalue weighted by Gasteiger charge is -2.17. The molecular weight excluding hydrogens is 424 g/mol. The van der Waals surface area contributed by atoms with Crippen molar-refractivity contribution in [2.45, 2.75) is 23.5 Å². The van der Waals surface area contributed by atoms with E-state index in [1.807, 2.05) is 30.3 Å². The van der Waals surface area contributed by atoms with Gasteiger partial charge < -0.3 is 20.4 Å². The van der Waals surface area contributed by atoms with Gasteiger partial charge in [0.1, 0.15) is 11.9 Å². The predicted octanol–water partition coefficient (Wildman–Crippen LogP) is 1.69. The number of carbonyl (C=O) groups is 2. The van der Waals surface area contributed by atoms with Crippen LogP contribution in [0.1, 0.15) is 5.56 Å². The lowest BCUT2D eigenvalue weighted by molar-refractivity contribution is -0.144. The largest absolute Gasteiger partial charge is 0.467 e. The van der Waals surface area contributed by atoms with Crippen molar-refractivity contribution in [2.24, 2.45) is 0 Å². The standard InChI is InChI=1S/C20H24N4O4S2/c1-3-9-24-16(21)10-17(25)23-20(24)30-13-18(26)22-15(19(27)28-2)12-29-11-14-7-5-4-6-8-14/h3-8,10,15H,1,9,11-13,21H2,2H3,(H,22,26)/t15-/m0/s1. The molecule has 0 aliphatic heterocycles. The molecule has 1 aromatic carbocycles. The highest BCUT2D eigenvalue weighted by Crippen LogP contribution is 2.18. The Kier molecular flexibility index (Phi) is 9.49. The zero-order valence-electron chi connectivity index (χ0n) is 16.6. The summed E-state index contributed by atoms with van der Waals surface area (Å²) in [5.74, 6) is 0.388. The van der Waals surface area contributed by atoms with Crippen molar-refractivity contribution >= 4 is 41.2 Å². The van der Waals surface area contributed by atoms with Crippen LogP contribution in [0.3, 0.4) is 0 Å². The van der Waals surface area contributed by atoms with Crippen molar-refractivity contribution in [1.82, 2.24) is 14.9 Å². The van der Waals surface area contributed by atoms with Crippen molar-refractivity contribution in [3.8, 4) is 0 Å². The molecule has 0 saturated heterocycles. The number of methoxy groups -OCH3 is 1. The molecule has 0 fully saturated rings. The number of thioether (sulfide) groups is 2. The molecule has 0 aliphatic rings. The Morgan fingerprint density at radius 2 is 2.10 bits per heavy atom. The first-order valence-electron chi connectivity index (χ1n) is 9.04. The van der Waals surface area contributed by atoms with Crippen LogP contribution in [-0.2, 0) is 26.6 Å². The first kappa shape index (κ1) is 23.6. The van der Waals surface area contributed by atoms with Crippen LogP contribution in [0, 0.1) is 0 Å². The van der Waals surface area contributed by atoms with Crippen molar-refractivity contribution in [3.05, 3.63) is 65.0 Å². The second-order valence-electron chi connectivity index (χ2n) is 6.13. The number of hydrogen-bond donors (Lipinski definition) is 2. The number of amides is 1. The fourth-order valence-electron chi connectivity index (χ4n) is 2.47. The predicted molar refractivity (Wildman–Crippen MR) is 120 cm³/mol. The number of hydrogen-bond acceptors (Lipinski definition) is 8. The van der Waals surface area contributed by atoms with Gasteiger partial charge in [0.25, 0.3) is 5.56 Å². The van der Waals surface area contributed by atoms with Gasteiger partial charge in [-0.1, -0.05) is 48.2 Å². The summed E-state index contributed by atoms with van der Waals surface area (Å²) < 4.78 is 6.39. The van der Waals surface area contributed by atoms with Gasteiger partial charge in [-0.15, -0.1) is 6.58 Å². The number of ether oxygens (including phenoxy) is 1. The molecule has 0 bridgehead atoms. The van der Waals surface area contributed by atoms with Crippen LogP contribution in [0.15, 0.2) is 59.0 Å². The highest BCUT2D eigenvalue weighted by Gasteiger charge is 2.22. The molecular formula is C20H24N4O4S2. The Labute approximate surface area is 183 Å². The van der Waals surface area contributed by atoms with Crippen molar-refractivity contribution < 1.29 is 14.3 Å². The third-order valence-electron chi connectivity index (χ3n) is 3.88. The van der Waals surface area contributed by atoms with Gasteiger partial charge in [-0.25, -0.2) is 4.79 Å². The first-order chi connectivity index (χ1) is 14.4. The fourth-order valence-corrected chi connectivity index (χ4v) is 4.31. The Morgan fingerprint density at radius 1 is 1.37 bits per heavy atom. The van der Waals surface area contributed by atoms with Gasteiger partial charge in [-0.05, 0) is 5.56 Å². The number of allylic oxidation sites excluding steroid dienone is 1. The summed E-state index contributed by atoms with van der Waals surface area (Å²) in [7, 11) is 1.28. The zero-order chi connectivity index (χ0) is 21.9. The number of nitrogen functional groups attached to an aromatic ring is 1. The molecule has 2 rings (SSSR count). The van der Waals surface area contributed by atoms with E-state index in [1.165, 1.54) is 24.9 Å². The maximum atomic E-state index is 12.4. The molecule has 2 aromatic rings. The summed E-state index contributed by atoms with van der Waals surface area (Å²) in [5, 5.41) is 2.99. The third kappa shape index (κ3) is 7.27. The Balaban J connectivity index is 1.95. The van der Waals surface area contributed by atoms with Crippen LogP contribution < -0.4 is 16.6 Å². The van der Waals surface area contributed by atoms with E-state index in [9.17, 15) is 14.4 Å². The number of nitrogens with one attached hydrogen (secondary N) is 1. The quantitative estimate of drug-likeness (QED) is 0.231. The second kappa shape index (κ2) is 12.1. The van der Waals surface area contributed by atoms with Crippen molar-refractivity contribution in [1.29, 1.82) is 0 Å². The van der Waals surface area contributed by atoms with E-state index in [4.69, 9.17) is 10.5 Å². The number of aromatic nitrogens is 2. The van der Waals surface area contributed by atoms with Gasteiger partial charge in [0.15, 0.2) is 5.16 Å². The summed E-state index contributed by atoms with van der Waals surface area (Å²) in [6.45, 7) is 4.00. The molecule has 30 heavy (non-hydrogen) atoms. The van der Waals surface area contributed by atoms with Crippen LogP contribution in [0.2, 0.25) is 0 Å². The Hall–Kier alpha value is -2.72. The zero-order valence-corrected chi connectivity index (χ0v) is 18.2. The smallest absolute Gasteiger partial charge is 0.329 e. The van der Waals surface area contributed by atoms with E-state index in [0.717, 1.165) is 17.3 Å². The van der Waals surface area contributed by atoms with E-state index in [1.54, 1.807) is 10.6 Å². The summed E-state index contributed by atoms with van der Waals surface area (Å²) in [6.07, 6.45) is 1.61. The van der Waals surface area contributed by atoms with E-state index >= 15 is 0 Å². The van der Waals surface area contributed by atoms with Crippen LogP contribution in [0.25, 0.3) is 0 Å². The van der Waals surface area contributed by atoms with Gasteiger partial charge >= 0.3 is 5.97 Å². The van der Waals surface area contributed by atoms with Crippen LogP contribution in [0.5, 0.6) is 0 Å². The van der Waals surface area contributed by atoms with Crippen LogP contribution in [0.4, 0.5) is 5.82 Å². The van der Waals surface area contributed by atoms with E-state index in [2.05, 4.69) is 16.9 Å². The average molecular weight is 449 g/mol. The molecule has 0 saturated carbocycles. The number of carbonyl (C=O) groups excluding carboxylic acids is 2. The number of esters is 1. The lowest BCUT2D eigenvalue weighted by Crippen LogP contribution is -2.44. The molecule has 0 aliphatic carbocycles. The molecule has 10 heteroatoms. The first-order valence-corrected chi connectivity index (χ1v) is 11.2. The molecule has 1 aromatic heterocycles. The minimum Gasteiger partial charge on any atom is -0.467 e. The fraction of sp³-hybridized carbons (Fsp3) is 0.300. The monoisotopic (exact) mass is 448 g/mol. The number of rotatable bonds is 11. The highest BCUT2D eigenvalue weighted by atomic mass is 32.2. The number of anilines is 1. The molecule has 3 N–H and O–H groups in total. The van der Waals surface area contributed by atoms with Crippen molar-refractivity contribution in [2.75, 3.05) is 24.3 Å². The second-order valence-corrected chi connectivity index (χ2v) is 8.11. The van der Waals surface area contributed by atoms with Crippen LogP contribution in [-0.4, -0.2) is 46.1 Å². The minimum absolute atomic E-state index is 0.0378. The van der Waals surface area contributed by atoms with E-state index in [-0.39, 0.29) is 17.5 Å². The van der Waals surface area contributed by atoms with Crippen molar-refractivity contribution in [3.63, 3.8) is 0 Å². The molecule has 0 spiro atoms. The topological polar surface area (TPSA) is 116 Å². The van der Waals surface area contributed by atoms with Gasteiger partial charge in [0.05, 0.1) is 12.9 Å². The van der Waals surface area contributed by atoms with Gasteiger partial charge in [-0.3, -0.25) is 9.59 Å². The maximum absolute atomic E-state index is 12.4. The summed E-state index contributed by atoms with van der Waals surface area (Å²) >= 11 is 2.58. The van der Waals surface area contributed by atoms with Crippen LogP contribution >= 0.6 is 23.5 Å². The van der Waals surface area contributed by atoms with Gasteiger partial charge in [0, 0.05) is 24.1 Å². The average Bonchev–Trinajstić information content (AvgIpc) is 2.73. The molecule has 8 nitrogen and oxygen atoms in total. The van der Waals surface area contributed by atoms with E-state index < -0.39 is 17.6 Å². The minimum atomic E-state index is -0.777. The Morgan fingerprint density at radius 3 is 2.77 bits per heavy atom. The van der Waals surface area contributed by atoms with E-state index in [0.29, 0.717) is 23.2 Å².